The lowest BCUT2D eigenvalue weighted by molar-refractivity contribution is -0.00000273. The van der Waals surface area contributed by atoms with E-state index in [2.05, 4.69) is 21.1 Å². The van der Waals surface area contributed by atoms with Gasteiger partial charge in [-0.25, -0.2) is 0 Å². The molecule has 4 heteroatoms. The van der Waals surface area contributed by atoms with E-state index >= 15 is 0 Å². The largest absolute Gasteiger partial charge is 1.00 e. The number of hydrogen-bond donors (Lipinski definition) is 1. The van der Waals surface area contributed by atoms with E-state index in [1.54, 1.807) is 0 Å². The zero-order valence-corrected chi connectivity index (χ0v) is 7.88. The molecule has 0 spiro atoms. The van der Waals surface area contributed by atoms with Crippen LogP contribution in [-0.2, 0) is 0 Å². The van der Waals surface area contributed by atoms with Crippen molar-refractivity contribution in [1.29, 1.82) is 0 Å². The van der Waals surface area contributed by atoms with Crippen LogP contribution in [0.4, 0.5) is 0 Å². The molecule has 0 radical (unpaired) electrons. The second-order valence-electron chi connectivity index (χ2n) is 1.80. The van der Waals surface area contributed by atoms with E-state index in [1.165, 1.54) is 6.21 Å². The molecule has 0 heterocycles. The van der Waals surface area contributed by atoms with Crippen molar-refractivity contribution in [3.05, 3.63) is 34.3 Å². The van der Waals surface area contributed by atoms with Gasteiger partial charge in [-0.2, -0.15) is 0 Å². The molecule has 0 aliphatic rings. The van der Waals surface area contributed by atoms with Gasteiger partial charge < -0.3 is 17.6 Å². The molecule has 1 rings (SSSR count). The molecule has 0 saturated carbocycles. The Labute approximate surface area is 79.5 Å². The highest BCUT2D eigenvalue weighted by molar-refractivity contribution is 9.10. The minimum absolute atomic E-state index is 0. The van der Waals surface area contributed by atoms with Gasteiger partial charge in [-0.3, -0.25) is 0 Å². The summed E-state index contributed by atoms with van der Waals surface area (Å²) in [7, 11) is 0. The van der Waals surface area contributed by atoms with Crippen LogP contribution in [0, 0.1) is 0 Å². The SMILES string of the molecule is ON=Cc1ccc(Br)cc1.[Cl-]. The van der Waals surface area contributed by atoms with Crippen molar-refractivity contribution in [2.75, 3.05) is 0 Å². The van der Waals surface area contributed by atoms with Gasteiger partial charge in [-0.05, 0) is 17.7 Å². The van der Waals surface area contributed by atoms with Gasteiger partial charge in [0.15, 0.2) is 0 Å². The van der Waals surface area contributed by atoms with Crippen LogP contribution in [0.25, 0.3) is 0 Å². The second kappa shape index (κ2) is 5.16. The molecule has 11 heavy (non-hydrogen) atoms. The van der Waals surface area contributed by atoms with Crippen LogP contribution in [-0.4, -0.2) is 11.4 Å². The molecule has 0 unspecified atom stereocenters. The van der Waals surface area contributed by atoms with Gasteiger partial charge in [0.1, 0.15) is 0 Å². The van der Waals surface area contributed by atoms with Crippen molar-refractivity contribution in [2.45, 2.75) is 0 Å². The van der Waals surface area contributed by atoms with Crippen LogP contribution in [0.2, 0.25) is 0 Å². The average molecular weight is 235 g/mol. The monoisotopic (exact) mass is 234 g/mol. The Bertz CT molecular complexity index is 235. The van der Waals surface area contributed by atoms with Crippen molar-refractivity contribution in [3.8, 4) is 0 Å². The topological polar surface area (TPSA) is 32.6 Å². The zero-order valence-electron chi connectivity index (χ0n) is 5.54. The van der Waals surface area contributed by atoms with E-state index in [-0.39, 0.29) is 12.4 Å². The van der Waals surface area contributed by atoms with E-state index in [0.717, 1.165) is 10.0 Å². The minimum Gasteiger partial charge on any atom is -1.00 e. The Hall–Kier alpha value is -0.540. The molecule has 60 valence electrons. The molecule has 0 aliphatic carbocycles. The first-order valence-electron chi connectivity index (χ1n) is 2.76. The smallest absolute Gasteiger partial charge is 0.0733 e. The molecule has 0 aromatic heterocycles. The average Bonchev–Trinajstić information content (AvgIpc) is 1.95. The molecule has 1 aromatic carbocycles. The third-order valence-corrected chi connectivity index (χ3v) is 1.61. The molecular formula is C7H6BrClNO-. The highest BCUT2D eigenvalue weighted by atomic mass is 79.9. The summed E-state index contributed by atoms with van der Waals surface area (Å²) < 4.78 is 1.02. The molecule has 0 aliphatic heterocycles. The van der Waals surface area contributed by atoms with Gasteiger partial charge in [0.2, 0.25) is 0 Å². The fourth-order valence-corrected chi connectivity index (χ4v) is 0.880. The van der Waals surface area contributed by atoms with E-state index in [1.807, 2.05) is 24.3 Å². The second-order valence-corrected chi connectivity index (χ2v) is 2.71. The molecular weight excluding hydrogens is 229 g/mol. The normalized spacial score (nSPS) is 9.55. The molecule has 1 N–H and O–H groups in total. The third kappa shape index (κ3) is 3.39. The first-order chi connectivity index (χ1) is 4.83. The summed E-state index contributed by atoms with van der Waals surface area (Å²) >= 11 is 3.29. The number of halogens is 2. The standard InChI is InChI=1S/C7H6BrNO.ClH/c8-7-3-1-6(2-4-7)5-9-10;/h1-5,10H;1H/p-1. The maximum Gasteiger partial charge on any atom is 0.0733 e. The van der Waals surface area contributed by atoms with Gasteiger partial charge in [0.25, 0.3) is 0 Å². The van der Waals surface area contributed by atoms with Crippen molar-refractivity contribution in [2.24, 2.45) is 5.16 Å². The Balaban J connectivity index is 0.000001000. The van der Waals surface area contributed by atoms with Gasteiger partial charge >= 0.3 is 0 Å². The quantitative estimate of drug-likeness (QED) is 0.388. The van der Waals surface area contributed by atoms with Crippen LogP contribution in [0.15, 0.2) is 33.9 Å². The Morgan fingerprint density at radius 3 is 2.27 bits per heavy atom. The molecule has 1 aromatic rings. The molecule has 0 atom stereocenters. The van der Waals surface area contributed by atoms with E-state index < -0.39 is 0 Å². The fraction of sp³-hybridized carbons (Fsp3) is 0. The molecule has 0 saturated heterocycles. The lowest BCUT2D eigenvalue weighted by Crippen LogP contribution is -3.00. The predicted molar refractivity (Wildman–Crippen MR) is 43.5 cm³/mol. The van der Waals surface area contributed by atoms with Crippen LogP contribution < -0.4 is 12.4 Å². The van der Waals surface area contributed by atoms with Gasteiger partial charge in [0.05, 0.1) is 6.21 Å². The van der Waals surface area contributed by atoms with Crippen LogP contribution >= 0.6 is 15.9 Å². The van der Waals surface area contributed by atoms with Crippen LogP contribution in [0.1, 0.15) is 5.56 Å². The number of oxime groups is 1. The van der Waals surface area contributed by atoms with Gasteiger partial charge in [-0.15, -0.1) is 0 Å². The zero-order chi connectivity index (χ0) is 7.40. The summed E-state index contributed by atoms with van der Waals surface area (Å²) in [6, 6.07) is 7.47. The van der Waals surface area contributed by atoms with E-state index in [4.69, 9.17) is 5.21 Å². The van der Waals surface area contributed by atoms with Gasteiger partial charge in [-0.1, -0.05) is 33.2 Å². The lowest BCUT2D eigenvalue weighted by Gasteiger charge is -1.89. The van der Waals surface area contributed by atoms with Crippen molar-refractivity contribution in [3.63, 3.8) is 0 Å². The number of nitrogens with zero attached hydrogens (tertiary/aromatic N) is 1. The highest BCUT2D eigenvalue weighted by Crippen LogP contribution is 2.08. The fourth-order valence-electron chi connectivity index (χ4n) is 0.616. The summed E-state index contributed by atoms with van der Waals surface area (Å²) in [5, 5.41) is 11.0. The summed E-state index contributed by atoms with van der Waals surface area (Å²) in [4.78, 5) is 0. The maximum absolute atomic E-state index is 8.15. The predicted octanol–water partition coefficient (Wildman–Crippen LogP) is -0.739. The highest BCUT2D eigenvalue weighted by Gasteiger charge is 1.86. The summed E-state index contributed by atoms with van der Waals surface area (Å²) in [6.07, 6.45) is 1.38. The first-order valence-corrected chi connectivity index (χ1v) is 3.55. The van der Waals surface area contributed by atoms with Crippen molar-refractivity contribution in [1.82, 2.24) is 0 Å². The molecule has 0 bridgehead atoms. The van der Waals surface area contributed by atoms with Gasteiger partial charge in [0, 0.05) is 4.47 Å². The summed E-state index contributed by atoms with van der Waals surface area (Å²) in [5.41, 5.74) is 0.880. The Morgan fingerprint density at radius 1 is 1.27 bits per heavy atom. The minimum atomic E-state index is 0. The van der Waals surface area contributed by atoms with E-state index in [0.29, 0.717) is 0 Å². The van der Waals surface area contributed by atoms with Crippen LogP contribution in [0.3, 0.4) is 0 Å². The third-order valence-electron chi connectivity index (χ3n) is 1.08. The first kappa shape index (κ1) is 10.5. The lowest BCUT2D eigenvalue weighted by atomic mass is 10.2. The number of hydrogen-bond acceptors (Lipinski definition) is 2. The summed E-state index contributed by atoms with van der Waals surface area (Å²) in [6.45, 7) is 0. The number of benzene rings is 1. The van der Waals surface area contributed by atoms with E-state index in [9.17, 15) is 0 Å². The summed E-state index contributed by atoms with van der Waals surface area (Å²) in [5.74, 6) is 0. The van der Waals surface area contributed by atoms with Crippen molar-refractivity contribution < 1.29 is 17.6 Å². The van der Waals surface area contributed by atoms with Crippen LogP contribution in [0.5, 0.6) is 0 Å². The molecule has 2 nitrogen and oxygen atoms in total. The van der Waals surface area contributed by atoms with Crippen molar-refractivity contribution >= 4 is 22.1 Å². The molecule has 0 amide bonds. The Kier molecular flexibility index (Phi) is 4.90. The maximum atomic E-state index is 8.15. The molecule has 0 fully saturated rings. The Morgan fingerprint density at radius 2 is 1.82 bits per heavy atom. The number of rotatable bonds is 1.